The van der Waals surface area contributed by atoms with Crippen LogP contribution in [0.3, 0.4) is 0 Å². The number of ether oxygens (including phenoxy) is 1. The maximum atomic E-state index is 5.68. The van der Waals surface area contributed by atoms with Gasteiger partial charge in [-0.25, -0.2) is 0 Å². The number of benzene rings is 1. The molecule has 1 atom stereocenters. The number of hydrogen-bond donors (Lipinski definition) is 1. The fourth-order valence-electron chi connectivity index (χ4n) is 2.67. The second-order valence-corrected chi connectivity index (χ2v) is 4.87. The van der Waals surface area contributed by atoms with E-state index in [9.17, 15) is 0 Å². The molecule has 0 amide bonds. The molecule has 0 aliphatic carbocycles. The predicted octanol–water partition coefficient (Wildman–Crippen LogP) is 1.05. The summed E-state index contributed by atoms with van der Waals surface area (Å²) in [6, 6.07) is 8.38. The minimum Gasteiger partial charge on any atom is -0.493 e. The Kier molecular flexibility index (Phi) is 2.58. The SMILES string of the molecule is NCC1CN(CC2COc3ccccc32)C1. The third kappa shape index (κ3) is 1.70. The molecule has 1 saturated heterocycles. The van der Waals surface area contributed by atoms with E-state index in [1.165, 1.54) is 5.56 Å². The van der Waals surface area contributed by atoms with Crippen LogP contribution < -0.4 is 10.5 Å². The topological polar surface area (TPSA) is 38.5 Å². The molecule has 2 aliphatic heterocycles. The van der Waals surface area contributed by atoms with E-state index in [0.29, 0.717) is 5.92 Å². The smallest absolute Gasteiger partial charge is 0.122 e. The van der Waals surface area contributed by atoms with Crippen molar-refractivity contribution in [2.24, 2.45) is 11.7 Å². The van der Waals surface area contributed by atoms with Gasteiger partial charge in [0, 0.05) is 31.1 Å². The maximum absolute atomic E-state index is 5.68. The molecule has 0 bridgehead atoms. The van der Waals surface area contributed by atoms with Gasteiger partial charge in [-0.05, 0) is 18.5 Å². The third-order valence-corrected chi connectivity index (χ3v) is 3.64. The van der Waals surface area contributed by atoms with Gasteiger partial charge < -0.3 is 15.4 Å². The van der Waals surface area contributed by atoms with Crippen molar-refractivity contribution in [3.05, 3.63) is 29.8 Å². The Morgan fingerprint density at radius 2 is 2.12 bits per heavy atom. The number of nitrogens with zero attached hydrogens (tertiary/aromatic N) is 1. The predicted molar refractivity (Wildman–Crippen MR) is 63.7 cm³/mol. The van der Waals surface area contributed by atoms with Crippen molar-refractivity contribution in [3.63, 3.8) is 0 Å². The Bertz CT molecular complexity index is 374. The van der Waals surface area contributed by atoms with Crippen LogP contribution in [0.1, 0.15) is 11.5 Å². The summed E-state index contributed by atoms with van der Waals surface area (Å²) in [5, 5.41) is 0. The lowest BCUT2D eigenvalue weighted by molar-refractivity contribution is 0.0944. The Morgan fingerprint density at radius 1 is 1.31 bits per heavy atom. The second-order valence-electron chi connectivity index (χ2n) is 4.87. The van der Waals surface area contributed by atoms with Gasteiger partial charge in [0.15, 0.2) is 0 Å². The van der Waals surface area contributed by atoms with Crippen LogP contribution in [0.25, 0.3) is 0 Å². The molecule has 1 unspecified atom stereocenters. The van der Waals surface area contributed by atoms with E-state index in [4.69, 9.17) is 10.5 Å². The highest BCUT2D eigenvalue weighted by atomic mass is 16.5. The first-order chi connectivity index (χ1) is 7.86. The quantitative estimate of drug-likeness (QED) is 0.824. The first-order valence-corrected chi connectivity index (χ1v) is 6.01. The van der Waals surface area contributed by atoms with Crippen molar-refractivity contribution in [3.8, 4) is 5.75 Å². The lowest BCUT2D eigenvalue weighted by atomic mass is 9.95. The molecule has 0 spiro atoms. The molecule has 1 aromatic rings. The average molecular weight is 218 g/mol. The molecule has 0 saturated carbocycles. The summed E-state index contributed by atoms with van der Waals surface area (Å²) in [5.74, 6) is 2.34. The molecule has 3 rings (SSSR count). The summed E-state index contributed by atoms with van der Waals surface area (Å²) in [7, 11) is 0. The van der Waals surface area contributed by atoms with Crippen LogP contribution in [0, 0.1) is 5.92 Å². The third-order valence-electron chi connectivity index (χ3n) is 3.64. The lowest BCUT2D eigenvalue weighted by Crippen LogP contribution is -2.51. The summed E-state index contributed by atoms with van der Waals surface area (Å²) in [4.78, 5) is 2.48. The first-order valence-electron chi connectivity index (χ1n) is 6.01. The number of fused-ring (bicyclic) bond motifs is 1. The molecular weight excluding hydrogens is 200 g/mol. The highest BCUT2D eigenvalue weighted by Crippen LogP contribution is 2.34. The van der Waals surface area contributed by atoms with Gasteiger partial charge in [-0.1, -0.05) is 18.2 Å². The van der Waals surface area contributed by atoms with Crippen LogP contribution in [0.5, 0.6) is 5.75 Å². The molecule has 1 fully saturated rings. The van der Waals surface area contributed by atoms with Gasteiger partial charge in [0.1, 0.15) is 5.75 Å². The van der Waals surface area contributed by atoms with Gasteiger partial charge in [0.2, 0.25) is 0 Å². The zero-order valence-electron chi connectivity index (χ0n) is 9.43. The van der Waals surface area contributed by atoms with Gasteiger partial charge in [-0.15, -0.1) is 0 Å². The van der Waals surface area contributed by atoms with Crippen LogP contribution in [-0.4, -0.2) is 37.7 Å². The van der Waals surface area contributed by atoms with E-state index in [1.54, 1.807) is 0 Å². The molecule has 1 aromatic carbocycles. The van der Waals surface area contributed by atoms with Crippen molar-refractivity contribution in [2.45, 2.75) is 5.92 Å². The van der Waals surface area contributed by atoms with Crippen molar-refractivity contribution < 1.29 is 4.74 Å². The van der Waals surface area contributed by atoms with Crippen molar-refractivity contribution in [2.75, 3.05) is 32.8 Å². The monoisotopic (exact) mass is 218 g/mol. The fourth-order valence-corrected chi connectivity index (χ4v) is 2.67. The molecule has 3 heteroatoms. The number of para-hydroxylation sites is 1. The first kappa shape index (κ1) is 10.1. The molecule has 3 nitrogen and oxygen atoms in total. The highest BCUT2D eigenvalue weighted by Gasteiger charge is 2.31. The van der Waals surface area contributed by atoms with Crippen LogP contribution in [0.15, 0.2) is 24.3 Å². The van der Waals surface area contributed by atoms with Crippen LogP contribution in [0.4, 0.5) is 0 Å². The number of rotatable bonds is 3. The Labute approximate surface area is 96.2 Å². The molecule has 2 heterocycles. The molecule has 16 heavy (non-hydrogen) atoms. The van der Waals surface area contributed by atoms with E-state index in [1.807, 2.05) is 6.07 Å². The van der Waals surface area contributed by atoms with E-state index in [-0.39, 0.29) is 0 Å². The van der Waals surface area contributed by atoms with Crippen molar-refractivity contribution in [1.82, 2.24) is 4.90 Å². The van der Waals surface area contributed by atoms with Crippen LogP contribution in [0.2, 0.25) is 0 Å². The molecule has 2 N–H and O–H groups in total. The van der Waals surface area contributed by atoms with E-state index >= 15 is 0 Å². The standard InChI is InChI=1S/C13H18N2O/c14-5-10-6-15(7-10)8-11-9-16-13-4-2-1-3-12(11)13/h1-4,10-11H,5-9,14H2. The zero-order chi connectivity index (χ0) is 11.0. The average Bonchev–Trinajstić information content (AvgIpc) is 2.66. The van der Waals surface area contributed by atoms with Gasteiger partial charge >= 0.3 is 0 Å². The van der Waals surface area contributed by atoms with Gasteiger partial charge in [0.25, 0.3) is 0 Å². The molecular formula is C13H18N2O. The van der Waals surface area contributed by atoms with Crippen LogP contribution >= 0.6 is 0 Å². The molecule has 0 aromatic heterocycles. The molecule has 0 radical (unpaired) electrons. The zero-order valence-corrected chi connectivity index (χ0v) is 9.43. The second kappa shape index (κ2) is 4.07. The maximum Gasteiger partial charge on any atom is 0.122 e. The molecule has 2 aliphatic rings. The van der Waals surface area contributed by atoms with E-state index < -0.39 is 0 Å². The number of hydrogen-bond acceptors (Lipinski definition) is 3. The number of nitrogens with two attached hydrogens (primary N) is 1. The normalized spacial score (nSPS) is 24.9. The minimum absolute atomic E-state index is 0.551. The van der Waals surface area contributed by atoms with E-state index in [2.05, 4.69) is 23.1 Å². The Balaban J connectivity index is 1.62. The molecule has 86 valence electrons. The summed E-state index contributed by atoms with van der Waals surface area (Å²) in [6.45, 7) is 5.11. The lowest BCUT2D eigenvalue weighted by Gasteiger charge is -2.39. The number of likely N-dealkylation sites (tertiary alicyclic amines) is 1. The van der Waals surface area contributed by atoms with Crippen molar-refractivity contribution in [1.29, 1.82) is 0 Å². The van der Waals surface area contributed by atoms with Crippen LogP contribution in [-0.2, 0) is 0 Å². The minimum atomic E-state index is 0.551. The fraction of sp³-hybridized carbons (Fsp3) is 0.538. The van der Waals surface area contributed by atoms with Crippen molar-refractivity contribution >= 4 is 0 Å². The van der Waals surface area contributed by atoms with E-state index in [0.717, 1.165) is 44.5 Å². The summed E-state index contributed by atoms with van der Waals surface area (Å²) in [6.07, 6.45) is 0. The highest BCUT2D eigenvalue weighted by molar-refractivity contribution is 5.39. The Hall–Kier alpha value is -1.06. The largest absolute Gasteiger partial charge is 0.493 e. The van der Waals surface area contributed by atoms with Gasteiger partial charge in [0.05, 0.1) is 6.61 Å². The van der Waals surface area contributed by atoms with Gasteiger partial charge in [-0.2, -0.15) is 0 Å². The Morgan fingerprint density at radius 3 is 2.94 bits per heavy atom. The van der Waals surface area contributed by atoms with Gasteiger partial charge in [-0.3, -0.25) is 0 Å². The summed E-state index contributed by atoms with van der Waals surface area (Å²) in [5.41, 5.74) is 7.00. The summed E-state index contributed by atoms with van der Waals surface area (Å²) < 4.78 is 5.68. The summed E-state index contributed by atoms with van der Waals surface area (Å²) >= 11 is 0.